The number of carbonyl (C=O) groups is 2. The molecule has 1 aromatic rings. The summed E-state index contributed by atoms with van der Waals surface area (Å²) in [5.41, 5.74) is 1.21. The van der Waals surface area contributed by atoms with E-state index in [-0.39, 0.29) is 17.9 Å². The van der Waals surface area contributed by atoms with Gasteiger partial charge in [0.05, 0.1) is 0 Å². The molecule has 0 aliphatic rings. The zero-order valence-electron chi connectivity index (χ0n) is 13.3. The first-order valence-electron chi connectivity index (χ1n) is 7.37. The quantitative estimate of drug-likeness (QED) is 0.759. The Morgan fingerprint density at radius 1 is 1.24 bits per heavy atom. The molecule has 0 aliphatic heterocycles. The van der Waals surface area contributed by atoms with Crippen LogP contribution in [-0.2, 0) is 0 Å². The van der Waals surface area contributed by atoms with Gasteiger partial charge in [-0.15, -0.1) is 0 Å². The van der Waals surface area contributed by atoms with E-state index in [1.54, 1.807) is 24.3 Å². The fourth-order valence-electron chi connectivity index (χ4n) is 2.12. The summed E-state index contributed by atoms with van der Waals surface area (Å²) >= 11 is 0. The van der Waals surface area contributed by atoms with E-state index in [2.05, 4.69) is 29.4 Å². The fraction of sp³-hybridized carbons (Fsp3) is 0.500. The summed E-state index contributed by atoms with van der Waals surface area (Å²) < 4.78 is 0. The Labute approximate surface area is 126 Å². The first-order valence-corrected chi connectivity index (χ1v) is 7.37. The number of anilines is 1. The van der Waals surface area contributed by atoms with Gasteiger partial charge in [0.25, 0.3) is 0 Å². The van der Waals surface area contributed by atoms with Crippen molar-refractivity contribution in [3.63, 3.8) is 0 Å². The fourth-order valence-corrected chi connectivity index (χ4v) is 2.12. The third kappa shape index (κ3) is 5.95. The predicted octanol–water partition coefficient (Wildman–Crippen LogP) is 2.74. The van der Waals surface area contributed by atoms with Gasteiger partial charge in [0.2, 0.25) is 0 Å². The molecule has 0 fully saturated rings. The van der Waals surface area contributed by atoms with Crippen molar-refractivity contribution in [1.82, 2.24) is 10.2 Å². The summed E-state index contributed by atoms with van der Waals surface area (Å²) in [7, 11) is 0. The number of rotatable bonds is 7. The summed E-state index contributed by atoms with van der Waals surface area (Å²) in [5.74, 6) is -0.0195. The zero-order valence-corrected chi connectivity index (χ0v) is 13.3. The second-order valence-corrected chi connectivity index (χ2v) is 5.12. The highest BCUT2D eigenvalue weighted by Gasteiger charge is 2.11. The van der Waals surface area contributed by atoms with Crippen LogP contribution in [0.25, 0.3) is 0 Å². The topological polar surface area (TPSA) is 61.4 Å². The molecule has 0 saturated carbocycles. The van der Waals surface area contributed by atoms with Crippen LogP contribution in [0.15, 0.2) is 24.3 Å². The van der Waals surface area contributed by atoms with E-state index in [9.17, 15) is 9.59 Å². The smallest absolute Gasteiger partial charge is 0.319 e. The van der Waals surface area contributed by atoms with Gasteiger partial charge in [0.1, 0.15) is 0 Å². The van der Waals surface area contributed by atoms with Gasteiger partial charge < -0.3 is 15.5 Å². The number of hydrogen-bond acceptors (Lipinski definition) is 3. The number of nitrogens with zero attached hydrogens (tertiary/aromatic N) is 1. The molecule has 0 aromatic heterocycles. The number of hydrogen-bond donors (Lipinski definition) is 2. The van der Waals surface area contributed by atoms with Crippen molar-refractivity contribution in [2.24, 2.45) is 0 Å². The van der Waals surface area contributed by atoms with Crippen molar-refractivity contribution in [2.45, 2.75) is 33.7 Å². The lowest BCUT2D eigenvalue weighted by Crippen LogP contribution is -2.43. The third-order valence-electron chi connectivity index (χ3n) is 3.33. The average molecular weight is 291 g/mol. The molecular weight excluding hydrogens is 266 g/mol. The van der Waals surface area contributed by atoms with Crippen LogP contribution >= 0.6 is 0 Å². The summed E-state index contributed by atoms with van der Waals surface area (Å²) in [6.07, 6.45) is 0. The van der Waals surface area contributed by atoms with E-state index in [1.165, 1.54) is 6.92 Å². The molecule has 1 atom stereocenters. The van der Waals surface area contributed by atoms with Crippen molar-refractivity contribution in [2.75, 3.05) is 25.0 Å². The Kier molecular flexibility index (Phi) is 6.88. The van der Waals surface area contributed by atoms with E-state index in [0.29, 0.717) is 11.3 Å². The molecule has 1 aromatic carbocycles. The van der Waals surface area contributed by atoms with Gasteiger partial charge in [-0.05, 0) is 39.1 Å². The van der Waals surface area contributed by atoms with Crippen LogP contribution in [0.2, 0.25) is 0 Å². The molecule has 0 heterocycles. The van der Waals surface area contributed by atoms with Gasteiger partial charge in [-0.3, -0.25) is 4.79 Å². The number of benzene rings is 1. The number of Topliss-reactive ketones (excluding diaryl/α,β-unsaturated/α-hetero) is 1. The largest absolute Gasteiger partial charge is 0.334 e. The number of urea groups is 1. The lowest BCUT2D eigenvalue weighted by molar-refractivity contribution is 0.101. The van der Waals surface area contributed by atoms with Gasteiger partial charge in [0.15, 0.2) is 5.78 Å². The maximum Gasteiger partial charge on any atom is 0.319 e. The van der Waals surface area contributed by atoms with Gasteiger partial charge in [-0.2, -0.15) is 0 Å². The van der Waals surface area contributed by atoms with Crippen molar-refractivity contribution < 1.29 is 9.59 Å². The standard InChI is InChI=1S/C16H25N3O2/c1-5-19(6-2)11-12(3)17-16(21)18-15-9-7-8-14(10-15)13(4)20/h7-10,12H,5-6,11H2,1-4H3,(H2,17,18,21). The number of amides is 2. The molecule has 21 heavy (non-hydrogen) atoms. The van der Waals surface area contributed by atoms with Crippen molar-refractivity contribution >= 4 is 17.5 Å². The summed E-state index contributed by atoms with van der Waals surface area (Å²) in [6, 6.07) is 6.73. The number of likely N-dealkylation sites (N-methyl/N-ethyl adjacent to an activating group) is 1. The first-order chi connectivity index (χ1) is 9.96. The van der Waals surface area contributed by atoms with Crippen molar-refractivity contribution in [1.29, 1.82) is 0 Å². The SMILES string of the molecule is CCN(CC)CC(C)NC(=O)Nc1cccc(C(C)=O)c1. The van der Waals surface area contributed by atoms with Gasteiger partial charge in [0, 0.05) is 23.8 Å². The van der Waals surface area contributed by atoms with Crippen LogP contribution in [-0.4, -0.2) is 42.4 Å². The van der Waals surface area contributed by atoms with Crippen LogP contribution in [0.4, 0.5) is 10.5 Å². The highest BCUT2D eigenvalue weighted by atomic mass is 16.2. The monoisotopic (exact) mass is 291 g/mol. The van der Waals surface area contributed by atoms with Crippen LogP contribution in [0.1, 0.15) is 38.1 Å². The van der Waals surface area contributed by atoms with Crippen molar-refractivity contribution in [3.8, 4) is 0 Å². The molecule has 5 heteroatoms. The minimum atomic E-state index is -0.254. The molecule has 2 amide bonds. The number of carbonyl (C=O) groups excluding carboxylic acids is 2. The lowest BCUT2D eigenvalue weighted by atomic mass is 10.1. The summed E-state index contributed by atoms with van der Waals surface area (Å²) in [5, 5.41) is 5.66. The lowest BCUT2D eigenvalue weighted by Gasteiger charge is -2.23. The highest BCUT2D eigenvalue weighted by molar-refractivity contribution is 5.96. The Morgan fingerprint density at radius 2 is 1.90 bits per heavy atom. The Balaban J connectivity index is 2.53. The van der Waals surface area contributed by atoms with Gasteiger partial charge in [-0.1, -0.05) is 26.0 Å². The molecule has 0 radical (unpaired) electrons. The van der Waals surface area contributed by atoms with E-state index >= 15 is 0 Å². The second-order valence-electron chi connectivity index (χ2n) is 5.12. The van der Waals surface area contributed by atoms with E-state index in [0.717, 1.165) is 19.6 Å². The number of nitrogens with one attached hydrogen (secondary N) is 2. The summed E-state index contributed by atoms with van der Waals surface area (Å²) in [4.78, 5) is 25.5. The second kappa shape index (κ2) is 8.42. The molecule has 2 N–H and O–H groups in total. The van der Waals surface area contributed by atoms with Crippen LogP contribution in [0, 0.1) is 0 Å². The molecule has 1 unspecified atom stereocenters. The van der Waals surface area contributed by atoms with E-state index in [4.69, 9.17) is 0 Å². The minimum Gasteiger partial charge on any atom is -0.334 e. The molecule has 0 aliphatic carbocycles. The highest BCUT2D eigenvalue weighted by Crippen LogP contribution is 2.11. The molecule has 116 valence electrons. The first kappa shape index (κ1) is 17.2. The normalized spacial score (nSPS) is 12.0. The molecule has 0 saturated heterocycles. The van der Waals surface area contributed by atoms with Crippen LogP contribution in [0.5, 0.6) is 0 Å². The Morgan fingerprint density at radius 3 is 2.48 bits per heavy atom. The minimum absolute atomic E-state index is 0.0195. The molecule has 5 nitrogen and oxygen atoms in total. The third-order valence-corrected chi connectivity index (χ3v) is 3.33. The summed E-state index contributed by atoms with van der Waals surface area (Å²) in [6.45, 7) is 10.4. The van der Waals surface area contributed by atoms with Crippen LogP contribution < -0.4 is 10.6 Å². The van der Waals surface area contributed by atoms with Crippen LogP contribution in [0.3, 0.4) is 0 Å². The molecule has 0 bridgehead atoms. The van der Waals surface area contributed by atoms with Gasteiger partial charge in [-0.25, -0.2) is 4.79 Å². The molecule has 0 spiro atoms. The van der Waals surface area contributed by atoms with E-state index in [1.807, 2.05) is 6.92 Å². The predicted molar refractivity (Wildman–Crippen MR) is 85.9 cm³/mol. The average Bonchev–Trinajstić information content (AvgIpc) is 2.44. The number of ketones is 1. The Bertz CT molecular complexity index is 484. The zero-order chi connectivity index (χ0) is 15.8. The molecular formula is C16H25N3O2. The Hall–Kier alpha value is -1.88. The maximum atomic E-state index is 11.9. The maximum absolute atomic E-state index is 11.9. The van der Waals surface area contributed by atoms with E-state index < -0.39 is 0 Å². The van der Waals surface area contributed by atoms with Crippen molar-refractivity contribution in [3.05, 3.63) is 29.8 Å². The van der Waals surface area contributed by atoms with Gasteiger partial charge >= 0.3 is 6.03 Å². The molecule has 1 rings (SSSR count).